The van der Waals surface area contributed by atoms with Gasteiger partial charge in [-0.05, 0) is 12.2 Å². The molecule has 0 aliphatic rings. The fourth-order valence-electron chi connectivity index (χ4n) is 1.45. The Balaban J connectivity index is 2.47. The van der Waals surface area contributed by atoms with Crippen molar-refractivity contribution in [2.45, 2.75) is 12.7 Å². The number of benzene rings is 1. The monoisotopic (exact) mass is 259 g/mol. The molecule has 1 N–H and O–H groups in total. The highest BCUT2D eigenvalue weighted by atomic mass is 32.1. The molecule has 0 saturated carbocycles. The van der Waals surface area contributed by atoms with Crippen molar-refractivity contribution in [2.75, 3.05) is 0 Å². The summed E-state index contributed by atoms with van der Waals surface area (Å²) in [6, 6.07) is 8.59. The lowest BCUT2D eigenvalue weighted by Gasteiger charge is -2.09. The van der Waals surface area contributed by atoms with Crippen LogP contribution in [0.3, 0.4) is 0 Å². The lowest BCUT2D eigenvalue weighted by atomic mass is 10.2. The Hall–Kier alpha value is -1.63. The fourth-order valence-corrected chi connectivity index (χ4v) is 1.65. The van der Waals surface area contributed by atoms with Crippen molar-refractivity contribution in [1.82, 2.24) is 14.8 Å². The molecule has 17 heavy (non-hydrogen) atoms. The summed E-state index contributed by atoms with van der Waals surface area (Å²) in [5.74, 6) is 0.188. The summed E-state index contributed by atoms with van der Waals surface area (Å²) in [5.41, 5.74) is 0.587. The normalized spacial score (nSPS) is 11.7. The standard InChI is InChI=1S/C10H8F3N3S/c11-10(12,13)6-16-8(14-15-9(16)17)7-4-2-1-3-5-7/h1-5H,6H2,(H,15,17). The predicted octanol–water partition coefficient (Wildman–Crippen LogP) is 3.17. The van der Waals surface area contributed by atoms with Gasteiger partial charge in [-0.3, -0.25) is 9.67 Å². The minimum Gasteiger partial charge on any atom is -0.291 e. The van der Waals surface area contributed by atoms with Crippen molar-refractivity contribution in [1.29, 1.82) is 0 Å². The highest BCUT2D eigenvalue weighted by Crippen LogP contribution is 2.22. The van der Waals surface area contributed by atoms with E-state index < -0.39 is 12.7 Å². The van der Waals surface area contributed by atoms with Crippen molar-refractivity contribution >= 4 is 12.2 Å². The number of aromatic amines is 1. The zero-order valence-corrected chi connectivity index (χ0v) is 9.35. The van der Waals surface area contributed by atoms with E-state index in [4.69, 9.17) is 12.2 Å². The second kappa shape index (κ2) is 4.33. The molecule has 0 unspecified atom stereocenters. The molecule has 1 heterocycles. The molecule has 0 bridgehead atoms. The number of rotatable bonds is 2. The van der Waals surface area contributed by atoms with Crippen LogP contribution in [-0.2, 0) is 6.54 Å². The minimum atomic E-state index is -4.33. The number of H-pyrrole nitrogens is 1. The molecule has 0 spiro atoms. The highest BCUT2D eigenvalue weighted by molar-refractivity contribution is 7.71. The van der Waals surface area contributed by atoms with Gasteiger partial charge in [0.15, 0.2) is 10.6 Å². The van der Waals surface area contributed by atoms with Crippen molar-refractivity contribution in [3.63, 3.8) is 0 Å². The Kier molecular flexibility index (Phi) is 3.01. The van der Waals surface area contributed by atoms with Crippen LogP contribution >= 0.6 is 12.2 Å². The Morgan fingerprint density at radius 2 is 1.88 bits per heavy atom. The van der Waals surface area contributed by atoms with E-state index in [1.165, 1.54) is 0 Å². The number of aromatic nitrogens is 3. The number of alkyl halides is 3. The summed E-state index contributed by atoms with van der Waals surface area (Å²) in [5, 5.41) is 6.19. The summed E-state index contributed by atoms with van der Waals surface area (Å²) < 4.78 is 38.1. The van der Waals surface area contributed by atoms with Crippen LogP contribution in [0.1, 0.15) is 0 Å². The molecule has 0 atom stereocenters. The Labute approximate surface area is 99.9 Å². The van der Waals surface area contributed by atoms with E-state index in [1.807, 2.05) is 0 Å². The molecule has 0 radical (unpaired) electrons. The van der Waals surface area contributed by atoms with E-state index in [0.29, 0.717) is 5.56 Å². The van der Waals surface area contributed by atoms with E-state index >= 15 is 0 Å². The van der Waals surface area contributed by atoms with Crippen LogP contribution in [0, 0.1) is 4.77 Å². The molecular weight excluding hydrogens is 251 g/mol. The maximum atomic E-state index is 12.4. The zero-order chi connectivity index (χ0) is 12.5. The molecule has 0 aliphatic heterocycles. The van der Waals surface area contributed by atoms with Crippen LogP contribution in [0.4, 0.5) is 13.2 Å². The lowest BCUT2D eigenvalue weighted by Crippen LogP contribution is -2.18. The third kappa shape index (κ3) is 2.73. The predicted molar refractivity (Wildman–Crippen MR) is 58.9 cm³/mol. The number of halogens is 3. The van der Waals surface area contributed by atoms with E-state index in [2.05, 4.69) is 10.2 Å². The number of hydrogen-bond acceptors (Lipinski definition) is 2. The van der Waals surface area contributed by atoms with Gasteiger partial charge in [0.2, 0.25) is 0 Å². The van der Waals surface area contributed by atoms with Gasteiger partial charge >= 0.3 is 6.18 Å². The van der Waals surface area contributed by atoms with Crippen LogP contribution in [0.15, 0.2) is 30.3 Å². The van der Waals surface area contributed by atoms with Gasteiger partial charge in [0.05, 0.1) is 0 Å². The third-order valence-corrected chi connectivity index (χ3v) is 2.44. The van der Waals surface area contributed by atoms with Crippen molar-refractivity contribution in [3.05, 3.63) is 35.1 Å². The molecule has 1 aromatic carbocycles. The second-order valence-corrected chi connectivity index (χ2v) is 3.81. The van der Waals surface area contributed by atoms with Crippen LogP contribution in [-0.4, -0.2) is 20.9 Å². The lowest BCUT2D eigenvalue weighted by molar-refractivity contribution is -0.140. The average Bonchev–Trinajstić information content (AvgIpc) is 2.60. The first-order valence-electron chi connectivity index (χ1n) is 4.75. The van der Waals surface area contributed by atoms with Gasteiger partial charge in [0.1, 0.15) is 6.54 Å². The van der Waals surface area contributed by atoms with E-state index in [0.717, 1.165) is 4.57 Å². The summed E-state index contributed by atoms with van der Waals surface area (Å²) in [6.45, 7) is -1.15. The highest BCUT2D eigenvalue weighted by Gasteiger charge is 2.29. The third-order valence-electron chi connectivity index (χ3n) is 2.13. The summed E-state index contributed by atoms with van der Waals surface area (Å²) in [7, 11) is 0. The Bertz CT molecular complexity index is 556. The summed E-state index contributed by atoms with van der Waals surface area (Å²) in [6.07, 6.45) is -4.33. The first-order valence-corrected chi connectivity index (χ1v) is 5.15. The number of nitrogens with one attached hydrogen (secondary N) is 1. The molecule has 2 rings (SSSR count). The molecular formula is C10H8F3N3S. The summed E-state index contributed by atoms with van der Waals surface area (Å²) in [4.78, 5) is 0. The summed E-state index contributed by atoms with van der Waals surface area (Å²) >= 11 is 4.79. The van der Waals surface area contributed by atoms with Gasteiger partial charge in [-0.2, -0.15) is 18.3 Å². The van der Waals surface area contributed by atoms with Crippen LogP contribution in [0.5, 0.6) is 0 Å². The first-order chi connectivity index (χ1) is 7.97. The number of hydrogen-bond donors (Lipinski definition) is 1. The second-order valence-electron chi connectivity index (χ2n) is 3.42. The van der Waals surface area contributed by atoms with Crippen molar-refractivity contribution < 1.29 is 13.2 Å². The minimum absolute atomic E-state index is 0.0406. The van der Waals surface area contributed by atoms with Crippen LogP contribution in [0.2, 0.25) is 0 Å². The zero-order valence-electron chi connectivity index (χ0n) is 8.53. The first kappa shape index (κ1) is 11.8. The smallest absolute Gasteiger partial charge is 0.291 e. The molecule has 0 amide bonds. The van der Waals surface area contributed by atoms with Crippen molar-refractivity contribution in [2.24, 2.45) is 0 Å². The quantitative estimate of drug-likeness (QED) is 0.840. The van der Waals surface area contributed by atoms with E-state index in [1.54, 1.807) is 30.3 Å². The average molecular weight is 259 g/mol. The molecule has 0 saturated heterocycles. The van der Waals surface area contributed by atoms with Crippen molar-refractivity contribution in [3.8, 4) is 11.4 Å². The van der Waals surface area contributed by atoms with Gasteiger partial charge in [-0.25, -0.2) is 0 Å². The Morgan fingerprint density at radius 1 is 1.24 bits per heavy atom. The molecule has 0 aliphatic carbocycles. The largest absolute Gasteiger partial charge is 0.406 e. The molecule has 7 heteroatoms. The van der Waals surface area contributed by atoms with Crippen LogP contribution in [0.25, 0.3) is 11.4 Å². The van der Waals surface area contributed by atoms with Gasteiger partial charge in [-0.1, -0.05) is 30.3 Å². The van der Waals surface area contributed by atoms with E-state index in [-0.39, 0.29) is 10.6 Å². The topological polar surface area (TPSA) is 33.6 Å². The number of nitrogens with zero attached hydrogens (tertiary/aromatic N) is 2. The molecule has 2 aromatic rings. The Morgan fingerprint density at radius 3 is 2.47 bits per heavy atom. The fraction of sp³-hybridized carbons (Fsp3) is 0.200. The SMILES string of the molecule is FC(F)(F)Cn1c(-c2ccccc2)n[nH]c1=S. The van der Waals surface area contributed by atoms with Gasteiger partial charge in [-0.15, -0.1) is 0 Å². The van der Waals surface area contributed by atoms with E-state index in [9.17, 15) is 13.2 Å². The molecule has 0 fully saturated rings. The van der Waals surface area contributed by atoms with Gasteiger partial charge < -0.3 is 0 Å². The van der Waals surface area contributed by atoms with Gasteiger partial charge in [0.25, 0.3) is 0 Å². The maximum absolute atomic E-state index is 12.4. The molecule has 1 aromatic heterocycles. The molecule has 3 nitrogen and oxygen atoms in total. The van der Waals surface area contributed by atoms with Crippen LogP contribution < -0.4 is 0 Å². The maximum Gasteiger partial charge on any atom is 0.406 e. The van der Waals surface area contributed by atoms with Gasteiger partial charge in [0, 0.05) is 5.56 Å². The molecule has 90 valence electrons.